The van der Waals surface area contributed by atoms with Crippen molar-refractivity contribution in [1.82, 2.24) is 0 Å². The highest BCUT2D eigenvalue weighted by atomic mass is 16.5. The number of nitrogens with zero attached hydrogens (tertiary/aromatic N) is 1. The van der Waals surface area contributed by atoms with Crippen molar-refractivity contribution < 1.29 is 14.7 Å². The van der Waals surface area contributed by atoms with Crippen LogP contribution in [0.25, 0.3) is 0 Å². The Balaban J connectivity index is 0.00000484. The fourth-order valence-electron chi connectivity index (χ4n) is 3.23. The monoisotopic (exact) mass is 323 g/mol. The first-order valence-electron chi connectivity index (χ1n) is 9.17. The molecule has 0 aliphatic carbocycles. The zero-order valence-electron chi connectivity index (χ0n) is 15.7. The molecule has 0 atom stereocenters. The maximum atomic E-state index is 5.21. The Kier molecular flexibility index (Phi) is 11.8. The van der Waals surface area contributed by atoms with Crippen LogP contribution >= 0.6 is 0 Å². The van der Waals surface area contributed by atoms with Gasteiger partial charge in [0.2, 0.25) is 0 Å². The fraction of sp³-hybridized carbons (Fsp3) is 0.700. The van der Waals surface area contributed by atoms with E-state index in [0.717, 1.165) is 5.75 Å². The number of hydrogen-bond acceptors (Lipinski definition) is 2. The molecule has 0 bridgehead atoms. The van der Waals surface area contributed by atoms with E-state index in [4.69, 9.17) is 4.74 Å². The molecule has 1 aromatic carbocycles. The van der Waals surface area contributed by atoms with Crippen LogP contribution in [0.5, 0.6) is 5.75 Å². The third-order valence-corrected chi connectivity index (χ3v) is 5.08. The van der Waals surface area contributed by atoms with Crippen molar-refractivity contribution >= 4 is 0 Å². The van der Waals surface area contributed by atoms with Crippen molar-refractivity contribution in [3.63, 3.8) is 0 Å². The Morgan fingerprint density at radius 1 is 0.826 bits per heavy atom. The summed E-state index contributed by atoms with van der Waals surface area (Å²) in [6.07, 6.45) is 7.90. The summed E-state index contributed by atoms with van der Waals surface area (Å²) in [5.41, 5.74) is 1.43. The molecule has 0 aliphatic heterocycles. The fourth-order valence-corrected chi connectivity index (χ4v) is 3.23. The number of methoxy groups -OCH3 is 1. The molecule has 0 saturated carbocycles. The lowest BCUT2D eigenvalue weighted by Crippen LogP contribution is -2.49. The van der Waals surface area contributed by atoms with Crippen molar-refractivity contribution in [3.8, 4) is 5.75 Å². The molecule has 1 aromatic rings. The van der Waals surface area contributed by atoms with E-state index < -0.39 is 0 Å². The number of quaternary nitrogens is 1. The lowest BCUT2D eigenvalue weighted by molar-refractivity contribution is -0.925. The van der Waals surface area contributed by atoms with E-state index in [1.54, 1.807) is 7.11 Å². The lowest BCUT2D eigenvalue weighted by Gasteiger charge is -2.37. The number of aryl methyl sites for hydroxylation is 1. The summed E-state index contributed by atoms with van der Waals surface area (Å²) in [4.78, 5) is 0. The molecule has 0 heterocycles. The third kappa shape index (κ3) is 7.85. The lowest BCUT2D eigenvalue weighted by atomic mass is 10.1. The molecule has 0 radical (unpaired) electrons. The Bertz CT molecular complexity index is 385. The van der Waals surface area contributed by atoms with Gasteiger partial charge >= 0.3 is 0 Å². The number of benzene rings is 1. The van der Waals surface area contributed by atoms with Gasteiger partial charge in [-0.2, -0.15) is 0 Å². The molecular weight excluding hydrogens is 286 g/mol. The zero-order valence-corrected chi connectivity index (χ0v) is 15.7. The smallest absolute Gasteiger partial charge is 0.118 e. The highest BCUT2D eigenvalue weighted by Gasteiger charge is 2.21. The van der Waals surface area contributed by atoms with E-state index in [9.17, 15) is 0 Å². The van der Waals surface area contributed by atoms with Crippen LogP contribution in [0, 0.1) is 0 Å². The van der Waals surface area contributed by atoms with Crippen molar-refractivity contribution in [2.24, 2.45) is 0 Å². The predicted octanol–water partition coefficient (Wildman–Crippen LogP) is 4.89. The van der Waals surface area contributed by atoms with Crippen molar-refractivity contribution in [2.75, 3.05) is 33.3 Å². The molecule has 23 heavy (non-hydrogen) atoms. The number of rotatable bonds is 12. The molecule has 1 rings (SSSR count). The molecule has 0 aromatic heterocycles. The van der Waals surface area contributed by atoms with Gasteiger partial charge in [0.15, 0.2) is 0 Å². The Labute approximate surface area is 143 Å². The minimum atomic E-state index is 0. The maximum absolute atomic E-state index is 5.21. The van der Waals surface area contributed by atoms with Crippen LogP contribution in [0.4, 0.5) is 0 Å². The van der Waals surface area contributed by atoms with Gasteiger partial charge in [-0.25, -0.2) is 0 Å². The third-order valence-electron chi connectivity index (χ3n) is 5.08. The molecule has 1 N–H and O–H groups in total. The van der Waals surface area contributed by atoms with Gasteiger partial charge in [0.25, 0.3) is 0 Å². The van der Waals surface area contributed by atoms with Gasteiger partial charge in [-0.1, -0.05) is 25.5 Å². The summed E-state index contributed by atoms with van der Waals surface area (Å²) in [5.74, 6) is 0.951. The van der Waals surface area contributed by atoms with Gasteiger partial charge in [-0.3, -0.25) is 0 Å². The predicted molar refractivity (Wildman–Crippen MR) is 98.5 cm³/mol. The largest absolute Gasteiger partial charge is 0.870 e. The molecule has 0 saturated heterocycles. The van der Waals surface area contributed by atoms with Crippen LogP contribution < -0.4 is 4.74 Å². The highest BCUT2D eigenvalue weighted by Crippen LogP contribution is 2.16. The van der Waals surface area contributed by atoms with Crippen LogP contribution in [0.15, 0.2) is 24.3 Å². The molecule has 3 nitrogen and oxygen atoms in total. The van der Waals surface area contributed by atoms with E-state index in [1.165, 1.54) is 74.8 Å². The van der Waals surface area contributed by atoms with E-state index in [1.807, 2.05) is 0 Å². The van der Waals surface area contributed by atoms with Crippen molar-refractivity contribution in [1.29, 1.82) is 0 Å². The second-order valence-electron chi connectivity index (χ2n) is 6.43. The Morgan fingerprint density at radius 3 is 1.87 bits per heavy atom. The Morgan fingerprint density at radius 2 is 1.39 bits per heavy atom. The summed E-state index contributed by atoms with van der Waals surface area (Å²) >= 11 is 0. The van der Waals surface area contributed by atoms with Gasteiger partial charge in [-0.15, -0.1) is 0 Å². The van der Waals surface area contributed by atoms with E-state index in [2.05, 4.69) is 45.0 Å². The minimum Gasteiger partial charge on any atom is -0.870 e. The first kappa shape index (κ1) is 21.9. The second kappa shape index (κ2) is 12.4. The molecule has 0 unspecified atom stereocenters. The van der Waals surface area contributed by atoms with Crippen LogP contribution in [0.1, 0.15) is 58.4 Å². The van der Waals surface area contributed by atoms with E-state index >= 15 is 0 Å². The number of ether oxygens (including phenoxy) is 1. The summed E-state index contributed by atoms with van der Waals surface area (Å²) in [7, 11) is 1.72. The molecule has 0 spiro atoms. The number of unbranched alkanes of at least 4 members (excludes halogenated alkanes) is 3. The summed E-state index contributed by atoms with van der Waals surface area (Å²) in [6, 6.07) is 8.53. The number of hydrogen-bond donors (Lipinski definition) is 0. The summed E-state index contributed by atoms with van der Waals surface area (Å²) < 4.78 is 6.52. The average Bonchev–Trinajstić information content (AvgIpc) is 2.58. The Hall–Kier alpha value is -1.06. The van der Waals surface area contributed by atoms with Crippen molar-refractivity contribution in [3.05, 3.63) is 29.8 Å². The van der Waals surface area contributed by atoms with Gasteiger partial charge < -0.3 is 14.7 Å². The summed E-state index contributed by atoms with van der Waals surface area (Å²) in [5, 5.41) is 0. The van der Waals surface area contributed by atoms with Gasteiger partial charge in [0, 0.05) is 0 Å². The van der Waals surface area contributed by atoms with Gasteiger partial charge in [0.05, 0.1) is 33.3 Å². The maximum Gasteiger partial charge on any atom is 0.118 e. The standard InChI is InChI=1S/C20H36NO.H2O/c1-5-8-10-17-21(6-2,7-3)18-11-9-12-19-13-15-20(22-4)16-14-19;/h13-16H,5-12,17-18H2,1-4H3;1H2/q+1;/p-1. The van der Waals surface area contributed by atoms with Crippen LogP contribution in [0.3, 0.4) is 0 Å². The molecule has 0 aliphatic rings. The highest BCUT2D eigenvalue weighted by molar-refractivity contribution is 5.27. The SMILES string of the molecule is CCCCC[N+](CC)(CC)CCCCc1ccc(OC)cc1.[OH-]. The van der Waals surface area contributed by atoms with Crippen LogP contribution in [-0.2, 0) is 6.42 Å². The molecule has 134 valence electrons. The molecular formula is C20H37NO2. The topological polar surface area (TPSA) is 39.2 Å². The molecule has 3 heteroatoms. The van der Waals surface area contributed by atoms with Crippen molar-refractivity contribution in [2.45, 2.75) is 59.3 Å². The van der Waals surface area contributed by atoms with E-state index in [0.29, 0.717) is 0 Å². The van der Waals surface area contributed by atoms with E-state index in [-0.39, 0.29) is 5.48 Å². The molecule has 0 amide bonds. The molecule has 0 fully saturated rings. The minimum absolute atomic E-state index is 0. The normalized spacial score (nSPS) is 11.1. The zero-order chi connectivity index (χ0) is 16.3. The van der Waals surface area contributed by atoms with Crippen LogP contribution in [-0.4, -0.2) is 43.2 Å². The van der Waals surface area contributed by atoms with Gasteiger partial charge in [0.1, 0.15) is 5.75 Å². The average molecular weight is 324 g/mol. The second-order valence-corrected chi connectivity index (χ2v) is 6.43. The first-order valence-corrected chi connectivity index (χ1v) is 9.17. The quantitative estimate of drug-likeness (QED) is 0.406. The van der Waals surface area contributed by atoms with Crippen LogP contribution in [0.2, 0.25) is 0 Å². The van der Waals surface area contributed by atoms with Gasteiger partial charge in [-0.05, 0) is 63.6 Å². The first-order chi connectivity index (χ1) is 10.7. The summed E-state index contributed by atoms with van der Waals surface area (Å²) in [6.45, 7) is 12.3.